The Morgan fingerprint density at radius 3 is 2.71 bits per heavy atom. The minimum Gasteiger partial charge on any atom is -0.487 e. The summed E-state index contributed by atoms with van der Waals surface area (Å²) in [4.78, 5) is 11.6. The monoisotopic (exact) mass is 333 g/mol. The van der Waals surface area contributed by atoms with Gasteiger partial charge in [-0.15, -0.1) is 0 Å². The van der Waals surface area contributed by atoms with Crippen molar-refractivity contribution in [3.8, 4) is 5.75 Å². The summed E-state index contributed by atoms with van der Waals surface area (Å²) < 4.78 is 36.8. The molecule has 0 saturated heterocycles. The highest BCUT2D eigenvalue weighted by Crippen LogP contribution is 2.35. The van der Waals surface area contributed by atoms with E-state index in [0.717, 1.165) is 5.39 Å². The van der Waals surface area contributed by atoms with Crippen LogP contribution in [0.3, 0.4) is 0 Å². The van der Waals surface area contributed by atoms with Gasteiger partial charge in [-0.25, -0.2) is 0 Å². The van der Waals surface area contributed by atoms with E-state index in [1.165, 1.54) is 0 Å². The smallest absolute Gasteiger partial charge is 0.291 e. The summed E-state index contributed by atoms with van der Waals surface area (Å²) >= 11 is 5.85. The van der Waals surface area contributed by atoms with Gasteiger partial charge >= 0.3 is 0 Å². The molecule has 1 aromatic heterocycles. The van der Waals surface area contributed by atoms with Crippen molar-refractivity contribution in [1.29, 1.82) is 0 Å². The summed E-state index contributed by atoms with van der Waals surface area (Å²) in [6, 6.07) is 5.20. The highest BCUT2D eigenvalue weighted by molar-refractivity contribution is 7.85. The average Bonchev–Trinajstić information content (AvgIpc) is 2.60. The molecule has 1 aromatic carbocycles. The molecule has 3 rings (SSSR count). The highest BCUT2D eigenvalue weighted by Gasteiger charge is 2.24. The molecule has 0 bridgehead atoms. The number of ether oxygens (including phenoxy) is 1. The zero-order valence-electron chi connectivity index (χ0n) is 10.9. The lowest BCUT2D eigenvalue weighted by atomic mass is 10.2. The number of hydrogen-bond acceptors (Lipinski definition) is 5. The predicted octanol–water partition coefficient (Wildman–Crippen LogP) is 1.71. The minimum atomic E-state index is -3.67. The second kappa shape index (κ2) is 5.92. The van der Waals surface area contributed by atoms with Crippen LogP contribution in [0.25, 0.3) is 11.0 Å². The van der Waals surface area contributed by atoms with Gasteiger partial charge < -0.3 is 14.5 Å². The molecule has 0 saturated carbocycles. The average molecular weight is 334 g/mol. The highest BCUT2D eigenvalue weighted by atomic mass is 35.5. The number of halogens is 1. The van der Waals surface area contributed by atoms with Gasteiger partial charge in [0.1, 0.15) is 12.2 Å². The van der Waals surface area contributed by atoms with Gasteiger partial charge in [0.2, 0.25) is 5.76 Å². The van der Waals surface area contributed by atoms with E-state index in [9.17, 15) is 13.2 Å². The standard InChI is InChI=1S/C11H8ClNO3.CH4O3S/c12-6-1-2-7-8(5-6)16-10-9(7)15-4-3-13-11(10)14;1-5(2,3)4/h1-2,5H,3-4H2,(H,13,14);1H3,(H,2,3,4). The Hall–Kier alpha value is -1.77. The first-order valence-corrected chi connectivity index (χ1v) is 8.04. The first-order valence-electron chi connectivity index (χ1n) is 5.81. The molecule has 0 aliphatic carbocycles. The Bertz CT molecular complexity index is 774. The fourth-order valence-electron chi connectivity index (χ4n) is 1.74. The third-order valence-electron chi connectivity index (χ3n) is 2.45. The van der Waals surface area contributed by atoms with Crippen LogP contribution in [0.15, 0.2) is 22.6 Å². The van der Waals surface area contributed by atoms with Gasteiger partial charge in [-0.1, -0.05) is 11.6 Å². The largest absolute Gasteiger partial charge is 0.487 e. The summed E-state index contributed by atoms with van der Waals surface area (Å²) in [7, 11) is -3.67. The van der Waals surface area contributed by atoms with Crippen molar-refractivity contribution in [3.63, 3.8) is 0 Å². The van der Waals surface area contributed by atoms with E-state index >= 15 is 0 Å². The van der Waals surface area contributed by atoms with Crippen LogP contribution in [0, 0.1) is 0 Å². The van der Waals surface area contributed by atoms with Crippen LogP contribution in [-0.2, 0) is 10.1 Å². The molecule has 2 N–H and O–H groups in total. The predicted molar refractivity (Wildman–Crippen MR) is 76.5 cm³/mol. The minimum absolute atomic E-state index is 0.217. The molecule has 0 unspecified atom stereocenters. The Morgan fingerprint density at radius 2 is 2.05 bits per heavy atom. The van der Waals surface area contributed by atoms with Gasteiger partial charge in [-0.2, -0.15) is 8.42 Å². The van der Waals surface area contributed by atoms with Crippen molar-refractivity contribution in [2.45, 2.75) is 0 Å². The van der Waals surface area contributed by atoms with E-state index in [1.54, 1.807) is 18.2 Å². The second-order valence-electron chi connectivity index (χ2n) is 4.24. The molecular weight excluding hydrogens is 322 g/mol. The van der Waals surface area contributed by atoms with E-state index in [2.05, 4.69) is 5.32 Å². The quantitative estimate of drug-likeness (QED) is 0.711. The number of hydrogen-bond donors (Lipinski definition) is 2. The number of fused-ring (bicyclic) bond motifs is 3. The lowest BCUT2D eigenvalue weighted by molar-refractivity contribution is 0.0932. The van der Waals surface area contributed by atoms with Crippen LogP contribution >= 0.6 is 11.6 Å². The third kappa shape index (κ3) is 4.10. The lowest BCUT2D eigenvalue weighted by Crippen LogP contribution is -2.24. The normalized spacial score (nSPS) is 14.3. The van der Waals surface area contributed by atoms with Crippen LogP contribution in [-0.4, -0.2) is 38.3 Å². The van der Waals surface area contributed by atoms with Crippen LogP contribution in [0.4, 0.5) is 0 Å². The lowest BCUT2D eigenvalue weighted by Gasteiger charge is -1.99. The maximum Gasteiger partial charge on any atom is 0.291 e. The van der Waals surface area contributed by atoms with Crippen molar-refractivity contribution in [3.05, 3.63) is 29.0 Å². The van der Waals surface area contributed by atoms with E-state index in [1.807, 2.05) is 0 Å². The van der Waals surface area contributed by atoms with Crippen LogP contribution < -0.4 is 10.1 Å². The van der Waals surface area contributed by atoms with E-state index in [-0.39, 0.29) is 11.7 Å². The molecule has 114 valence electrons. The van der Waals surface area contributed by atoms with Gasteiger partial charge in [-0.05, 0) is 12.1 Å². The topological polar surface area (TPSA) is 106 Å². The number of nitrogens with one attached hydrogen (secondary N) is 1. The van der Waals surface area contributed by atoms with E-state index < -0.39 is 10.1 Å². The fourth-order valence-corrected chi connectivity index (χ4v) is 1.90. The van der Waals surface area contributed by atoms with Crippen LogP contribution in [0.5, 0.6) is 5.75 Å². The fraction of sp³-hybridized carbons (Fsp3) is 0.250. The third-order valence-corrected chi connectivity index (χ3v) is 2.68. The van der Waals surface area contributed by atoms with Crippen molar-refractivity contribution in [2.24, 2.45) is 0 Å². The van der Waals surface area contributed by atoms with Crippen LogP contribution in [0.1, 0.15) is 10.6 Å². The first kappa shape index (κ1) is 15.6. The molecule has 0 spiro atoms. The van der Waals surface area contributed by atoms with Crippen molar-refractivity contribution in [2.75, 3.05) is 19.4 Å². The molecule has 2 aromatic rings. The zero-order chi connectivity index (χ0) is 15.6. The molecule has 1 aliphatic heterocycles. The summed E-state index contributed by atoms with van der Waals surface area (Å²) in [5, 5.41) is 4.03. The number of furan rings is 1. The molecule has 1 aliphatic rings. The summed E-state index contributed by atoms with van der Waals surface area (Å²) in [5.41, 5.74) is 0.564. The van der Waals surface area contributed by atoms with Gasteiger partial charge in [0.25, 0.3) is 16.0 Å². The molecule has 0 fully saturated rings. The number of rotatable bonds is 0. The molecule has 0 radical (unpaired) electrons. The summed E-state index contributed by atoms with van der Waals surface area (Å²) in [6.45, 7) is 0.925. The van der Waals surface area contributed by atoms with Gasteiger partial charge in [0, 0.05) is 11.1 Å². The Morgan fingerprint density at radius 1 is 1.38 bits per heavy atom. The molecule has 2 heterocycles. The van der Waals surface area contributed by atoms with E-state index in [4.69, 9.17) is 25.3 Å². The Kier molecular flexibility index (Phi) is 4.40. The summed E-state index contributed by atoms with van der Waals surface area (Å²) in [6.07, 6.45) is 0.715. The number of benzene rings is 1. The van der Waals surface area contributed by atoms with Gasteiger partial charge in [-0.3, -0.25) is 9.35 Å². The molecule has 9 heteroatoms. The molecule has 0 atom stereocenters. The van der Waals surface area contributed by atoms with Crippen molar-refractivity contribution < 1.29 is 26.9 Å². The van der Waals surface area contributed by atoms with Gasteiger partial charge in [0.15, 0.2) is 5.75 Å². The maximum absolute atomic E-state index is 11.6. The Balaban J connectivity index is 0.000000282. The SMILES string of the molecule is CS(=O)(=O)O.O=C1NCCOc2c1oc1cc(Cl)ccc21. The maximum atomic E-state index is 11.6. The molecule has 21 heavy (non-hydrogen) atoms. The van der Waals surface area contributed by atoms with Gasteiger partial charge in [0.05, 0.1) is 18.2 Å². The van der Waals surface area contributed by atoms with Crippen LogP contribution in [0.2, 0.25) is 5.02 Å². The van der Waals surface area contributed by atoms with E-state index in [0.29, 0.717) is 35.8 Å². The summed E-state index contributed by atoms with van der Waals surface area (Å²) in [5.74, 6) is 0.469. The molecular formula is C12H12ClNO6S. The number of carbonyl (C=O) groups excluding carboxylic acids is 1. The number of carbonyl (C=O) groups is 1. The molecule has 7 nitrogen and oxygen atoms in total. The zero-order valence-corrected chi connectivity index (χ0v) is 12.5. The molecule has 1 amide bonds. The second-order valence-corrected chi connectivity index (χ2v) is 6.14. The number of amides is 1. The van der Waals surface area contributed by atoms with Crippen molar-refractivity contribution >= 4 is 38.6 Å². The Labute approximate surface area is 125 Å². The first-order chi connectivity index (χ1) is 9.75. The van der Waals surface area contributed by atoms with Crippen molar-refractivity contribution in [1.82, 2.24) is 5.32 Å².